The predicted octanol–water partition coefficient (Wildman–Crippen LogP) is 4.22. The molecule has 1 aliphatic rings. The summed E-state index contributed by atoms with van der Waals surface area (Å²) in [5, 5.41) is 3.89. The molecule has 7 nitrogen and oxygen atoms in total. The SMILES string of the molecule is Cc1ccc2nc(-c3ccc(NC(=O)CN4CCN(S(=O)(=O)c5ccccc5)CC4)cc3)sc2c1. The molecule has 0 unspecified atom stereocenters. The van der Waals surface area contributed by atoms with Crippen molar-refractivity contribution in [1.29, 1.82) is 0 Å². The van der Waals surface area contributed by atoms with Gasteiger partial charge in [0.05, 0.1) is 21.7 Å². The van der Waals surface area contributed by atoms with Crippen LogP contribution in [-0.2, 0) is 14.8 Å². The molecule has 2 heterocycles. The number of sulfonamides is 1. The van der Waals surface area contributed by atoms with E-state index in [9.17, 15) is 13.2 Å². The molecule has 1 aromatic heterocycles. The van der Waals surface area contributed by atoms with Crippen LogP contribution in [0.4, 0.5) is 5.69 Å². The standard InChI is InChI=1S/C26H26N4O3S2/c1-19-7-12-23-24(17-19)34-26(28-23)20-8-10-21(11-9-20)27-25(31)18-29-13-15-30(16-14-29)35(32,33)22-5-3-2-4-6-22/h2-12,17H,13-16,18H2,1H3,(H,27,31). The number of thiazole rings is 1. The van der Waals surface area contributed by atoms with Gasteiger partial charge in [0.25, 0.3) is 0 Å². The van der Waals surface area contributed by atoms with Crippen molar-refractivity contribution in [2.75, 3.05) is 38.0 Å². The number of carbonyl (C=O) groups is 1. The minimum absolute atomic E-state index is 0.118. The maximum absolute atomic E-state index is 12.8. The van der Waals surface area contributed by atoms with Crippen molar-refractivity contribution in [3.8, 4) is 10.6 Å². The van der Waals surface area contributed by atoms with E-state index in [4.69, 9.17) is 4.98 Å². The van der Waals surface area contributed by atoms with Gasteiger partial charge in [-0.15, -0.1) is 11.3 Å². The first-order chi connectivity index (χ1) is 16.9. The second-order valence-electron chi connectivity index (χ2n) is 8.61. The second kappa shape index (κ2) is 9.87. The van der Waals surface area contributed by atoms with Crippen LogP contribution in [-0.4, -0.2) is 61.2 Å². The maximum atomic E-state index is 12.8. The maximum Gasteiger partial charge on any atom is 0.243 e. The van der Waals surface area contributed by atoms with E-state index in [1.54, 1.807) is 41.7 Å². The third-order valence-electron chi connectivity index (χ3n) is 6.04. The summed E-state index contributed by atoms with van der Waals surface area (Å²) in [6.45, 7) is 4.04. The lowest BCUT2D eigenvalue weighted by Crippen LogP contribution is -2.50. The second-order valence-corrected chi connectivity index (χ2v) is 11.6. The summed E-state index contributed by atoms with van der Waals surface area (Å²) in [5.74, 6) is -0.118. The van der Waals surface area contributed by atoms with Crippen LogP contribution in [0.2, 0.25) is 0 Å². The molecule has 4 aromatic rings. The van der Waals surface area contributed by atoms with Gasteiger partial charge < -0.3 is 5.32 Å². The Balaban J connectivity index is 1.15. The molecule has 1 aliphatic heterocycles. The van der Waals surface area contributed by atoms with Crippen LogP contribution in [0.3, 0.4) is 0 Å². The van der Waals surface area contributed by atoms with Crippen molar-refractivity contribution < 1.29 is 13.2 Å². The molecule has 0 radical (unpaired) electrons. The van der Waals surface area contributed by atoms with E-state index in [-0.39, 0.29) is 12.5 Å². The van der Waals surface area contributed by atoms with Gasteiger partial charge in [-0.05, 0) is 61.0 Å². The number of rotatable bonds is 6. The molecule has 5 rings (SSSR count). The summed E-state index contributed by atoms with van der Waals surface area (Å²) in [6.07, 6.45) is 0. The van der Waals surface area contributed by atoms with Crippen molar-refractivity contribution in [2.24, 2.45) is 0 Å². The van der Waals surface area contributed by atoms with Crippen molar-refractivity contribution in [3.05, 3.63) is 78.4 Å². The molecule has 1 fully saturated rings. The van der Waals surface area contributed by atoms with E-state index in [2.05, 4.69) is 24.4 Å². The third kappa shape index (κ3) is 5.28. The van der Waals surface area contributed by atoms with E-state index >= 15 is 0 Å². The number of fused-ring (bicyclic) bond motifs is 1. The average molecular weight is 507 g/mol. The largest absolute Gasteiger partial charge is 0.325 e. The molecule has 1 saturated heterocycles. The van der Waals surface area contributed by atoms with Crippen molar-refractivity contribution in [1.82, 2.24) is 14.2 Å². The zero-order valence-electron chi connectivity index (χ0n) is 19.3. The summed E-state index contributed by atoms with van der Waals surface area (Å²) in [7, 11) is -3.50. The Labute approximate surface area is 209 Å². The number of anilines is 1. The lowest BCUT2D eigenvalue weighted by atomic mass is 10.2. The molecule has 1 amide bonds. The molecule has 180 valence electrons. The van der Waals surface area contributed by atoms with Crippen LogP contribution >= 0.6 is 11.3 Å². The number of nitrogens with zero attached hydrogens (tertiary/aromatic N) is 3. The molecule has 1 N–H and O–H groups in total. The topological polar surface area (TPSA) is 82.6 Å². The van der Waals surface area contributed by atoms with E-state index in [1.165, 1.54) is 9.87 Å². The highest BCUT2D eigenvalue weighted by Gasteiger charge is 2.28. The van der Waals surface area contributed by atoms with E-state index in [0.29, 0.717) is 31.1 Å². The Kier molecular flexibility index (Phi) is 6.66. The zero-order chi connectivity index (χ0) is 24.4. The Morgan fingerprint density at radius 1 is 0.971 bits per heavy atom. The minimum Gasteiger partial charge on any atom is -0.325 e. The highest BCUT2D eigenvalue weighted by Crippen LogP contribution is 2.31. The molecule has 3 aromatic carbocycles. The molecule has 0 atom stereocenters. The molecule has 0 aliphatic carbocycles. The van der Waals surface area contributed by atoms with Gasteiger partial charge in [-0.2, -0.15) is 4.31 Å². The van der Waals surface area contributed by atoms with Crippen LogP contribution in [0.1, 0.15) is 5.56 Å². The van der Waals surface area contributed by atoms with Gasteiger partial charge in [0.2, 0.25) is 15.9 Å². The van der Waals surface area contributed by atoms with Crippen LogP contribution < -0.4 is 5.32 Å². The number of benzene rings is 3. The van der Waals surface area contributed by atoms with Gasteiger partial charge in [0.1, 0.15) is 5.01 Å². The van der Waals surface area contributed by atoms with Gasteiger partial charge in [0.15, 0.2) is 0 Å². The van der Waals surface area contributed by atoms with Gasteiger partial charge in [-0.25, -0.2) is 13.4 Å². The number of aromatic nitrogens is 1. The highest BCUT2D eigenvalue weighted by atomic mass is 32.2. The van der Waals surface area contributed by atoms with E-state index in [0.717, 1.165) is 26.5 Å². The monoisotopic (exact) mass is 506 g/mol. The molecule has 0 saturated carbocycles. The van der Waals surface area contributed by atoms with Crippen molar-refractivity contribution in [2.45, 2.75) is 11.8 Å². The number of hydrogen-bond acceptors (Lipinski definition) is 6. The molecular weight excluding hydrogens is 480 g/mol. The molecular formula is C26H26N4O3S2. The molecule has 0 spiro atoms. The summed E-state index contributed by atoms with van der Waals surface area (Å²) in [5.41, 5.74) is 3.94. The Hall–Kier alpha value is -3.11. The van der Waals surface area contributed by atoms with Gasteiger partial charge in [-0.1, -0.05) is 24.3 Å². The fourth-order valence-corrected chi connectivity index (χ4v) is 6.64. The first-order valence-corrected chi connectivity index (χ1v) is 13.7. The summed E-state index contributed by atoms with van der Waals surface area (Å²) in [4.78, 5) is 19.6. The predicted molar refractivity (Wildman–Crippen MR) is 140 cm³/mol. The quantitative estimate of drug-likeness (QED) is 0.424. The Bertz CT molecular complexity index is 1440. The summed E-state index contributed by atoms with van der Waals surface area (Å²) < 4.78 is 28.2. The fourth-order valence-electron chi connectivity index (χ4n) is 4.12. The van der Waals surface area contributed by atoms with E-state index in [1.807, 2.05) is 35.2 Å². The van der Waals surface area contributed by atoms with Crippen molar-refractivity contribution in [3.63, 3.8) is 0 Å². The van der Waals surface area contributed by atoms with Gasteiger partial charge in [0, 0.05) is 37.4 Å². The normalized spacial score (nSPS) is 15.3. The number of amides is 1. The van der Waals surface area contributed by atoms with E-state index < -0.39 is 10.0 Å². The highest BCUT2D eigenvalue weighted by molar-refractivity contribution is 7.89. The number of nitrogens with one attached hydrogen (secondary N) is 1. The molecule has 0 bridgehead atoms. The number of carbonyl (C=O) groups excluding carboxylic acids is 1. The third-order valence-corrected chi connectivity index (χ3v) is 9.02. The smallest absolute Gasteiger partial charge is 0.243 e. The lowest BCUT2D eigenvalue weighted by molar-refractivity contribution is -0.117. The summed E-state index contributed by atoms with van der Waals surface area (Å²) >= 11 is 1.66. The number of aryl methyl sites for hydroxylation is 1. The average Bonchev–Trinajstić information content (AvgIpc) is 3.28. The first-order valence-electron chi connectivity index (χ1n) is 11.4. The number of hydrogen-bond donors (Lipinski definition) is 1. The minimum atomic E-state index is -3.50. The fraction of sp³-hybridized carbons (Fsp3) is 0.231. The summed E-state index contributed by atoms with van der Waals surface area (Å²) in [6, 6.07) is 22.4. The Morgan fingerprint density at radius 3 is 2.40 bits per heavy atom. The van der Waals surface area contributed by atoms with Crippen LogP contribution in [0.5, 0.6) is 0 Å². The molecule has 9 heteroatoms. The van der Waals surface area contributed by atoms with Gasteiger partial charge >= 0.3 is 0 Å². The van der Waals surface area contributed by atoms with Crippen LogP contribution in [0.25, 0.3) is 20.8 Å². The Morgan fingerprint density at radius 2 is 1.69 bits per heavy atom. The number of piperazine rings is 1. The van der Waals surface area contributed by atoms with Crippen molar-refractivity contribution >= 4 is 43.2 Å². The van der Waals surface area contributed by atoms with Crippen LogP contribution in [0.15, 0.2) is 77.7 Å². The first kappa shape index (κ1) is 23.6. The lowest BCUT2D eigenvalue weighted by Gasteiger charge is -2.33. The molecule has 35 heavy (non-hydrogen) atoms. The van der Waals surface area contributed by atoms with Crippen LogP contribution in [0, 0.1) is 6.92 Å². The zero-order valence-corrected chi connectivity index (χ0v) is 21.0. The van der Waals surface area contributed by atoms with Gasteiger partial charge in [-0.3, -0.25) is 9.69 Å².